The molecule has 0 fully saturated rings. The third-order valence-electron chi connectivity index (χ3n) is 3.73. The van der Waals surface area contributed by atoms with E-state index in [1.54, 1.807) is 13.1 Å². The van der Waals surface area contributed by atoms with Gasteiger partial charge in [-0.3, -0.25) is 14.4 Å². The number of methoxy groups -OCH3 is 1. The second kappa shape index (κ2) is 7.48. The molecule has 9 heteroatoms. The van der Waals surface area contributed by atoms with Crippen LogP contribution in [0.5, 0.6) is 0 Å². The number of esters is 1. The van der Waals surface area contributed by atoms with E-state index in [1.807, 2.05) is 0 Å². The molecule has 0 aliphatic heterocycles. The quantitative estimate of drug-likeness (QED) is 0.598. The molecule has 0 aromatic carbocycles. The monoisotopic (exact) mass is 356 g/mol. The largest absolute Gasteiger partial charge is 0.465 e. The van der Waals surface area contributed by atoms with Crippen molar-refractivity contribution in [3.05, 3.63) is 57.3 Å². The third kappa shape index (κ3) is 3.54. The highest BCUT2D eigenvalue weighted by molar-refractivity contribution is 6.00. The van der Waals surface area contributed by atoms with Gasteiger partial charge in [-0.15, -0.1) is 0 Å². The Kier molecular flexibility index (Phi) is 5.37. The molecule has 0 aliphatic carbocycles. The Morgan fingerprint density at radius 2 is 1.92 bits per heavy atom. The Labute approximate surface area is 148 Å². The van der Waals surface area contributed by atoms with Crippen LogP contribution < -0.4 is 10.9 Å². The van der Waals surface area contributed by atoms with Crippen LogP contribution in [-0.4, -0.2) is 41.0 Å². The summed E-state index contributed by atoms with van der Waals surface area (Å²) in [5.41, 5.74) is -0.490. The molecule has 1 amide bonds. The zero-order valence-electron chi connectivity index (χ0n) is 14.4. The maximum absolute atomic E-state index is 12.5. The standard InChI is InChI=1S/C17H16N4O5/c1-19-15(23)13-5-11(7-20(13)2)14(22)9-21-8-12(17(25)26-3)4-10(6-18)16(21)24/h4-5,7-8H,9H2,1-3H3,(H,19,23). The van der Waals surface area contributed by atoms with Gasteiger partial charge in [-0.05, 0) is 12.1 Å². The van der Waals surface area contributed by atoms with Gasteiger partial charge in [-0.25, -0.2) is 4.79 Å². The zero-order chi connectivity index (χ0) is 19.4. The van der Waals surface area contributed by atoms with Crippen LogP contribution in [0.1, 0.15) is 36.8 Å². The van der Waals surface area contributed by atoms with Gasteiger partial charge in [-0.2, -0.15) is 5.26 Å². The number of nitrogens with zero attached hydrogens (tertiary/aromatic N) is 3. The number of aromatic nitrogens is 2. The molecule has 2 heterocycles. The molecule has 2 aromatic heterocycles. The van der Waals surface area contributed by atoms with Gasteiger partial charge in [-0.1, -0.05) is 0 Å². The van der Waals surface area contributed by atoms with Crippen molar-refractivity contribution in [1.82, 2.24) is 14.5 Å². The molecule has 0 aliphatic rings. The molecule has 2 aromatic rings. The molecule has 9 nitrogen and oxygen atoms in total. The number of amides is 1. The second-order valence-corrected chi connectivity index (χ2v) is 5.41. The lowest BCUT2D eigenvalue weighted by Gasteiger charge is -2.07. The van der Waals surface area contributed by atoms with Crippen molar-refractivity contribution in [3.63, 3.8) is 0 Å². The number of carbonyl (C=O) groups is 3. The summed E-state index contributed by atoms with van der Waals surface area (Å²) in [7, 11) is 4.25. The Balaban J connectivity index is 2.40. The van der Waals surface area contributed by atoms with Gasteiger partial charge < -0.3 is 19.2 Å². The van der Waals surface area contributed by atoms with E-state index < -0.39 is 23.9 Å². The summed E-state index contributed by atoms with van der Waals surface area (Å²) in [6.45, 7) is -0.393. The van der Waals surface area contributed by atoms with Crippen LogP contribution in [0.25, 0.3) is 0 Å². The average Bonchev–Trinajstić information content (AvgIpc) is 3.03. The minimum absolute atomic E-state index is 0.0180. The second-order valence-electron chi connectivity index (χ2n) is 5.41. The van der Waals surface area contributed by atoms with Crippen molar-refractivity contribution in [3.8, 4) is 6.07 Å². The highest BCUT2D eigenvalue weighted by Crippen LogP contribution is 2.10. The van der Waals surface area contributed by atoms with E-state index in [0.29, 0.717) is 0 Å². The van der Waals surface area contributed by atoms with Crippen molar-refractivity contribution in [2.75, 3.05) is 14.2 Å². The fraction of sp³-hybridized carbons (Fsp3) is 0.235. The molecule has 0 bridgehead atoms. The first kappa shape index (κ1) is 18.7. The smallest absolute Gasteiger partial charge is 0.339 e. The maximum Gasteiger partial charge on any atom is 0.339 e. The van der Waals surface area contributed by atoms with E-state index >= 15 is 0 Å². The van der Waals surface area contributed by atoms with Crippen molar-refractivity contribution in [2.45, 2.75) is 6.54 Å². The number of hydrogen-bond acceptors (Lipinski definition) is 6. The summed E-state index contributed by atoms with van der Waals surface area (Å²) in [6.07, 6.45) is 2.63. The predicted molar refractivity (Wildman–Crippen MR) is 89.9 cm³/mol. The van der Waals surface area contributed by atoms with Gasteiger partial charge >= 0.3 is 5.97 Å². The first-order valence-electron chi connectivity index (χ1n) is 7.47. The van der Waals surface area contributed by atoms with Crippen LogP contribution in [0.15, 0.2) is 29.3 Å². The van der Waals surface area contributed by atoms with E-state index in [4.69, 9.17) is 5.26 Å². The van der Waals surface area contributed by atoms with E-state index in [9.17, 15) is 19.2 Å². The molecule has 26 heavy (non-hydrogen) atoms. The lowest BCUT2D eigenvalue weighted by atomic mass is 10.1. The normalized spacial score (nSPS) is 10.1. The van der Waals surface area contributed by atoms with E-state index in [1.165, 1.54) is 31.0 Å². The number of ether oxygens (including phenoxy) is 1. The van der Waals surface area contributed by atoms with Crippen LogP contribution in [0.4, 0.5) is 0 Å². The van der Waals surface area contributed by atoms with E-state index in [-0.39, 0.29) is 28.3 Å². The number of ketones is 1. The number of Topliss-reactive ketones (excluding diaryl/α,β-unsaturated/α-hetero) is 1. The third-order valence-corrected chi connectivity index (χ3v) is 3.73. The lowest BCUT2D eigenvalue weighted by molar-refractivity contribution is 0.0598. The van der Waals surface area contributed by atoms with Gasteiger partial charge in [0.05, 0.1) is 19.2 Å². The van der Waals surface area contributed by atoms with Crippen molar-refractivity contribution < 1.29 is 19.1 Å². The molecule has 0 spiro atoms. The number of hydrogen-bond donors (Lipinski definition) is 1. The summed E-state index contributed by atoms with van der Waals surface area (Å²) in [5.74, 6) is -1.55. The van der Waals surface area contributed by atoms with Crippen molar-refractivity contribution >= 4 is 17.7 Å². The van der Waals surface area contributed by atoms with Crippen LogP contribution >= 0.6 is 0 Å². The van der Waals surface area contributed by atoms with Gasteiger partial charge in [0.25, 0.3) is 11.5 Å². The van der Waals surface area contributed by atoms with Crippen LogP contribution in [-0.2, 0) is 18.3 Å². The number of nitrogens with one attached hydrogen (secondary N) is 1. The Bertz CT molecular complexity index is 994. The topological polar surface area (TPSA) is 123 Å². The van der Waals surface area contributed by atoms with E-state index in [0.717, 1.165) is 16.8 Å². The zero-order valence-corrected chi connectivity index (χ0v) is 14.4. The van der Waals surface area contributed by atoms with Crippen LogP contribution in [0.3, 0.4) is 0 Å². The SMILES string of the molecule is CNC(=O)c1cc(C(=O)Cn2cc(C(=O)OC)cc(C#N)c2=O)cn1C. The summed E-state index contributed by atoms with van der Waals surface area (Å²) < 4.78 is 7.04. The lowest BCUT2D eigenvalue weighted by Crippen LogP contribution is -2.27. The molecule has 0 atom stereocenters. The number of carbonyl (C=O) groups excluding carboxylic acids is 3. The van der Waals surface area contributed by atoms with Crippen LogP contribution in [0, 0.1) is 11.3 Å². The number of rotatable bonds is 5. The van der Waals surface area contributed by atoms with E-state index in [2.05, 4.69) is 10.1 Å². The molecule has 0 saturated heterocycles. The molecule has 1 N–H and O–H groups in total. The average molecular weight is 356 g/mol. The molecule has 0 saturated carbocycles. The Hall–Kier alpha value is -3.67. The Morgan fingerprint density at radius 1 is 1.23 bits per heavy atom. The summed E-state index contributed by atoms with van der Waals surface area (Å²) in [6, 6.07) is 4.21. The van der Waals surface area contributed by atoms with Gasteiger partial charge in [0.15, 0.2) is 5.78 Å². The first-order chi connectivity index (χ1) is 12.3. The highest BCUT2D eigenvalue weighted by Gasteiger charge is 2.18. The fourth-order valence-corrected chi connectivity index (χ4v) is 2.38. The molecule has 2 rings (SSSR count). The van der Waals surface area contributed by atoms with Crippen molar-refractivity contribution in [2.24, 2.45) is 7.05 Å². The van der Waals surface area contributed by atoms with Crippen LogP contribution in [0.2, 0.25) is 0 Å². The molecule has 134 valence electrons. The van der Waals surface area contributed by atoms with Crippen molar-refractivity contribution in [1.29, 1.82) is 5.26 Å². The minimum Gasteiger partial charge on any atom is -0.465 e. The highest BCUT2D eigenvalue weighted by atomic mass is 16.5. The number of nitriles is 1. The molecule has 0 radical (unpaired) electrons. The van der Waals surface area contributed by atoms with Gasteiger partial charge in [0.1, 0.15) is 17.3 Å². The molecular weight excluding hydrogens is 340 g/mol. The maximum atomic E-state index is 12.5. The number of pyridine rings is 1. The molecule has 0 unspecified atom stereocenters. The summed E-state index contributed by atoms with van der Waals surface area (Å²) in [4.78, 5) is 48.1. The summed E-state index contributed by atoms with van der Waals surface area (Å²) in [5, 5.41) is 11.5. The first-order valence-corrected chi connectivity index (χ1v) is 7.47. The fourth-order valence-electron chi connectivity index (χ4n) is 2.38. The van der Waals surface area contributed by atoms with Gasteiger partial charge in [0, 0.05) is 32.1 Å². The summed E-state index contributed by atoms with van der Waals surface area (Å²) >= 11 is 0. The molecular formula is C17H16N4O5. The minimum atomic E-state index is -0.732. The number of aryl methyl sites for hydroxylation is 1. The Morgan fingerprint density at radius 3 is 2.50 bits per heavy atom. The predicted octanol–water partition coefficient (Wildman–Crippen LogP) is 0.0876. The van der Waals surface area contributed by atoms with Gasteiger partial charge in [0.2, 0.25) is 0 Å².